The third-order valence-electron chi connectivity index (χ3n) is 5.38. The summed E-state index contributed by atoms with van der Waals surface area (Å²) in [5, 5.41) is 21.3. The Labute approximate surface area is 196 Å². The molecule has 0 saturated heterocycles. The highest BCUT2D eigenvalue weighted by Gasteiger charge is 2.13. The molecular formula is C23H12N12. The van der Waals surface area contributed by atoms with Gasteiger partial charge in [-0.3, -0.25) is 0 Å². The molecule has 0 bridgehead atoms. The molecule has 0 aliphatic rings. The molecule has 0 spiro atoms. The van der Waals surface area contributed by atoms with Gasteiger partial charge >= 0.3 is 0 Å². The second kappa shape index (κ2) is 7.47. The molecule has 12 nitrogen and oxygen atoms in total. The molecule has 6 aromatic rings. The van der Waals surface area contributed by atoms with Crippen molar-refractivity contribution in [2.24, 2.45) is 0 Å². The summed E-state index contributed by atoms with van der Waals surface area (Å²) in [6.45, 7) is 0. The van der Waals surface area contributed by atoms with E-state index in [0.717, 1.165) is 11.1 Å². The van der Waals surface area contributed by atoms with E-state index in [1.165, 1.54) is 0 Å². The molecule has 2 aromatic carbocycles. The lowest BCUT2D eigenvalue weighted by Crippen LogP contribution is -2.02. The fourth-order valence-electron chi connectivity index (χ4n) is 3.71. The molecule has 0 aliphatic heterocycles. The van der Waals surface area contributed by atoms with Gasteiger partial charge in [-0.05, 0) is 35.4 Å². The van der Waals surface area contributed by atoms with Crippen molar-refractivity contribution < 1.29 is 0 Å². The highest BCUT2D eigenvalue weighted by Crippen LogP contribution is 2.27. The van der Waals surface area contributed by atoms with E-state index in [0.29, 0.717) is 39.2 Å². The Bertz CT molecular complexity index is 1930. The molecule has 12 heteroatoms. The first kappa shape index (κ1) is 20.0. The summed E-state index contributed by atoms with van der Waals surface area (Å²) in [6.07, 6.45) is 0. The Balaban J connectivity index is 1.48. The number of fused-ring (bicyclic) bond motifs is 4. The minimum atomic E-state index is 0.0107. The number of nitrogen functional groups attached to an aromatic ring is 1. The quantitative estimate of drug-likeness (QED) is 0.363. The van der Waals surface area contributed by atoms with Crippen LogP contribution in [0.4, 0.5) is 11.6 Å². The van der Waals surface area contributed by atoms with Crippen molar-refractivity contribution >= 4 is 56.3 Å². The van der Waals surface area contributed by atoms with Crippen molar-refractivity contribution in [1.82, 2.24) is 39.9 Å². The van der Waals surface area contributed by atoms with Crippen LogP contribution in [0.5, 0.6) is 0 Å². The molecule has 35 heavy (non-hydrogen) atoms. The van der Waals surface area contributed by atoms with Crippen molar-refractivity contribution in [1.29, 1.82) is 10.5 Å². The summed E-state index contributed by atoms with van der Waals surface area (Å²) in [4.78, 5) is 35.0. The maximum absolute atomic E-state index is 9.28. The Morgan fingerprint density at radius 1 is 0.629 bits per heavy atom. The van der Waals surface area contributed by atoms with Crippen LogP contribution in [0.3, 0.4) is 0 Å². The molecule has 3 N–H and O–H groups in total. The van der Waals surface area contributed by atoms with Crippen molar-refractivity contribution in [2.75, 3.05) is 18.1 Å². The summed E-state index contributed by atoms with van der Waals surface area (Å²) < 4.78 is 0. The van der Waals surface area contributed by atoms with E-state index in [4.69, 9.17) is 11.0 Å². The summed E-state index contributed by atoms with van der Waals surface area (Å²) >= 11 is 0. The number of nitrogens with one attached hydrogen (secondary N) is 1. The Kier molecular flexibility index (Phi) is 4.27. The zero-order valence-corrected chi connectivity index (χ0v) is 18.0. The third-order valence-corrected chi connectivity index (χ3v) is 5.38. The first-order valence-corrected chi connectivity index (χ1v) is 10.3. The normalized spacial score (nSPS) is 11.1. The van der Waals surface area contributed by atoms with E-state index in [9.17, 15) is 5.26 Å². The van der Waals surface area contributed by atoms with Gasteiger partial charge in [0.15, 0.2) is 45.6 Å². The van der Waals surface area contributed by atoms with Crippen LogP contribution in [0, 0.1) is 22.7 Å². The maximum atomic E-state index is 9.28. The Morgan fingerprint density at radius 3 is 1.66 bits per heavy atom. The molecule has 4 heterocycles. The molecule has 0 aliphatic carbocycles. The summed E-state index contributed by atoms with van der Waals surface area (Å²) in [7, 11) is 1.66. The van der Waals surface area contributed by atoms with Crippen LogP contribution >= 0.6 is 0 Å². The smallest absolute Gasteiger partial charge is 0.200 e. The maximum Gasteiger partial charge on any atom is 0.200 e. The number of hydrogen-bond acceptors (Lipinski definition) is 12. The van der Waals surface area contributed by atoms with Crippen molar-refractivity contribution in [3.8, 4) is 23.3 Å². The fraction of sp³-hybridized carbons (Fsp3) is 0.0435. The van der Waals surface area contributed by atoms with Gasteiger partial charge in [-0.2, -0.15) is 10.5 Å². The monoisotopic (exact) mass is 456 g/mol. The van der Waals surface area contributed by atoms with Gasteiger partial charge in [0, 0.05) is 7.05 Å². The first-order chi connectivity index (χ1) is 17.1. The molecule has 6 rings (SSSR count). The summed E-state index contributed by atoms with van der Waals surface area (Å²) in [6, 6.07) is 15.2. The molecule has 0 radical (unpaired) electrons. The molecule has 0 atom stereocenters. The Morgan fingerprint density at radius 2 is 1.11 bits per heavy atom. The zero-order chi connectivity index (χ0) is 24.1. The van der Waals surface area contributed by atoms with Gasteiger partial charge in [-0.25, -0.2) is 39.9 Å². The van der Waals surface area contributed by atoms with E-state index < -0.39 is 0 Å². The number of anilines is 2. The lowest BCUT2D eigenvalue weighted by Gasteiger charge is -2.07. The second-order valence-electron chi connectivity index (χ2n) is 7.50. The number of benzene rings is 2. The van der Waals surface area contributed by atoms with Gasteiger partial charge in [0.1, 0.15) is 12.1 Å². The third kappa shape index (κ3) is 3.21. The van der Waals surface area contributed by atoms with Crippen LogP contribution < -0.4 is 11.1 Å². The zero-order valence-electron chi connectivity index (χ0n) is 18.0. The molecule has 0 amide bonds. The van der Waals surface area contributed by atoms with Crippen LogP contribution in [0.25, 0.3) is 55.8 Å². The molecule has 0 unspecified atom stereocenters. The highest BCUT2D eigenvalue weighted by molar-refractivity contribution is 5.90. The van der Waals surface area contributed by atoms with Crippen LogP contribution in [0.2, 0.25) is 0 Å². The highest BCUT2D eigenvalue weighted by atomic mass is 15.1. The fourth-order valence-corrected chi connectivity index (χ4v) is 3.71. The number of nitriles is 2. The van der Waals surface area contributed by atoms with Gasteiger partial charge in [0.05, 0.1) is 22.1 Å². The molecule has 0 saturated carbocycles. The van der Waals surface area contributed by atoms with Gasteiger partial charge in [-0.1, -0.05) is 12.1 Å². The van der Waals surface area contributed by atoms with Crippen molar-refractivity contribution in [3.63, 3.8) is 0 Å². The number of nitrogens with zero attached hydrogens (tertiary/aromatic N) is 10. The standard InChI is InChI=1S/C23H12N12/c1-27-19-17(9-25)33-21-23(35-19)31-15-7-11(3-5-13(15)29-21)10-2-4-12-14(6-10)30-22-20(28-12)32-16(8-24)18(26)34-22/h2-7H,1H3,(H2,26,30,34)(H,27,31,35). The lowest BCUT2D eigenvalue weighted by atomic mass is 10.0. The van der Waals surface area contributed by atoms with Gasteiger partial charge < -0.3 is 11.1 Å². The average Bonchev–Trinajstić information content (AvgIpc) is 2.88. The van der Waals surface area contributed by atoms with E-state index in [1.807, 2.05) is 48.5 Å². The molecule has 0 fully saturated rings. The van der Waals surface area contributed by atoms with Crippen LogP contribution in [-0.4, -0.2) is 46.9 Å². The predicted molar refractivity (Wildman–Crippen MR) is 128 cm³/mol. The number of hydrogen-bond donors (Lipinski definition) is 2. The lowest BCUT2D eigenvalue weighted by molar-refractivity contribution is 1.16. The number of aromatic nitrogens is 8. The topological polar surface area (TPSA) is 189 Å². The number of rotatable bonds is 2. The van der Waals surface area contributed by atoms with E-state index in [-0.39, 0.29) is 28.5 Å². The van der Waals surface area contributed by atoms with Gasteiger partial charge in [0.2, 0.25) is 0 Å². The summed E-state index contributed by atoms with van der Waals surface area (Å²) in [5.41, 5.74) is 11.3. The second-order valence-corrected chi connectivity index (χ2v) is 7.50. The van der Waals surface area contributed by atoms with Gasteiger partial charge in [0.25, 0.3) is 0 Å². The molecular weight excluding hydrogens is 444 g/mol. The minimum Gasteiger partial charge on any atom is -0.381 e. The predicted octanol–water partition coefficient (Wildman–Crippen LogP) is 2.49. The largest absolute Gasteiger partial charge is 0.381 e. The van der Waals surface area contributed by atoms with Crippen LogP contribution in [0.1, 0.15) is 11.4 Å². The summed E-state index contributed by atoms with van der Waals surface area (Å²) in [5.74, 6) is 0.354. The van der Waals surface area contributed by atoms with E-state index >= 15 is 0 Å². The minimum absolute atomic E-state index is 0.0107. The van der Waals surface area contributed by atoms with E-state index in [2.05, 4.69) is 45.2 Å². The number of nitrogens with two attached hydrogens (primary N) is 1. The van der Waals surface area contributed by atoms with Crippen molar-refractivity contribution in [3.05, 3.63) is 47.8 Å². The van der Waals surface area contributed by atoms with Crippen molar-refractivity contribution in [2.45, 2.75) is 0 Å². The first-order valence-electron chi connectivity index (χ1n) is 10.3. The average molecular weight is 456 g/mol. The SMILES string of the molecule is CNc1nc2nc3cc(-c4ccc5nc6nc(C#N)c(N)nc6nc5c4)ccc3nc2nc1C#N. The van der Waals surface area contributed by atoms with Gasteiger partial charge in [-0.15, -0.1) is 0 Å². The van der Waals surface area contributed by atoms with Crippen LogP contribution in [-0.2, 0) is 0 Å². The molecule has 164 valence electrons. The van der Waals surface area contributed by atoms with E-state index in [1.54, 1.807) is 7.05 Å². The molecule has 4 aromatic heterocycles. The van der Waals surface area contributed by atoms with Crippen LogP contribution in [0.15, 0.2) is 36.4 Å². The Hall–Kier alpha value is -5.62.